The maximum Gasteiger partial charge on any atom is 0.165 e. The summed E-state index contributed by atoms with van der Waals surface area (Å²) in [4.78, 5) is 0. The van der Waals surface area contributed by atoms with Crippen LogP contribution in [0, 0.1) is 17.7 Å². The molecule has 94 valence electrons. The summed E-state index contributed by atoms with van der Waals surface area (Å²) in [7, 11) is 1.44. The van der Waals surface area contributed by atoms with Crippen molar-refractivity contribution in [2.24, 2.45) is 11.8 Å². The minimum atomic E-state index is -0.845. The number of halogens is 1. The van der Waals surface area contributed by atoms with Gasteiger partial charge in [-0.25, -0.2) is 4.39 Å². The van der Waals surface area contributed by atoms with Gasteiger partial charge in [0.25, 0.3) is 0 Å². The van der Waals surface area contributed by atoms with Crippen molar-refractivity contribution in [3.8, 4) is 5.75 Å². The van der Waals surface area contributed by atoms with Crippen LogP contribution < -0.4 is 4.74 Å². The van der Waals surface area contributed by atoms with Crippen LogP contribution in [-0.4, -0.2) is 12.2 Å². The van der Waals surface area contributed by atoms with Gasteiger partial charge in [-0.3, -0.25) is 0 Å². The fraction of sp³-hybridized carbons (Fsp3) is 0.571. The van der Waals surface area contributed by atoms with Gasteiger partial charge in [0.1, 0.15) is 0 Å². The van der Waals surface area contributed by atoms with Gasteiger partial charge in [-0.15, -0.1) is 0 Å². The lowest BCUT2D eigenvalue weighted by atomic mass is 9.63. The third kappa shape index (κ3) is 2.16. The molecule has 1 saturated carbocycles. The molecule has 0 bridgehead atoms. The summed E-state index contributed by atoms with van der Waals surface area (Å²) >= 11 is 0. The molecular weight excluding hydrogens is 219 g/mol. The lowest BCUT2D eigenvalue weighted by Crippen LogP contribution is -2.43. The zero-order valence-corrected chi connectivity index (χ0v) is 10.5. The van der Waals surface area contributed by atoms with E-state index in [9.17, 15) is 9.50 Å². The number of hydrogen-bond donors (Lipinski definition) is 1. The monoisotopic (exact) mass is 238 g/mol. The molecule has 1 aliphatic carbocycles. The zero-order chi connectivity index (χ0) is 12.6. The standard InChI is InChI=1S/C14H19FO2/c1-9(2)10-7-14(16,8-10)11-4-5-13(17-3)12(15)6-11/h4-6,9-10,16H,7-8H2,1-3H3. The van der Waals surface area contributed by atoms with E-state index in [1.165, 1.54) is 13.2 Å². The Labute approximate surface area is 101 Å². The summed E-state index contributed by atoms with van der Waals surface area (Å²) in [5.74, 6) is 0.909. The second kappa shape index (κ2) is 4.30. The average molecular weight is 238 g/mol. The SMILES string of the molecule is COc1ccc(C2(O)CC(C(C)C)C2)cc1F. The highest BCUT2D eigenvalue weighted by Gasteiger charge is 2.45. The average Bonchev–Trinajstić information content (AvgIpc) is 2.24. The summed E-state index contributed by atoms with van der Waals surface area (Å²) in [6, 6.07) is 4.71. The van der Waals surface area contributed by atoms with Crippen molar-refractivity contribution in [1.29, 1.82) is 0 Å². The predicted octanol–water partition coefficient (Wildman–Crippen LogP) is 3.09. The van der Waals surface area contributed by atoms with Gasteiger partial charge in [0.2, 0.25) is 0 Å². The number of ether oxygens (including phenoxy) is 1. The Kier molecular flexibility index (Phi) is 3.13. The van der Waals surface area contributed by atoms with Crippen molar-refractivity contribution in [3.05, 3.63) is 29.6 Å². The summed E-state index contributed by atoms with van der Waals surface area (Å²) < 4.78 is 18.4. The molecule has 0 aromatic heterocycles. The highest BCUT2D eigenvalue weighted by Crippen LogP contribution is 2.49. The number of aliphatic hydroxyl groups is 1. The molecule has 0 aliphatic heterocycles. The Bertz CT molecular complexity index is 409. The van der Waals surface area contributed by atoms with Crippen molar-refractivity contribution in [3.63, 3.8) is 0 Å². The van der Waals surface area contributed by atoms with Gasteiger partial charge >= 0.3 is 0 Å². The fourth-order valence-electron chi connectivity index (χ4n) is 2.47. The second-order valence-corrected chi connectivity index (χ2v) is 5.29. The van der Waals surface area contributed by atoms with Crippen LogP contribution in [0.15, 0.2) is 18.2 Å². The summed E-state index contributed by atoms with van der Waals surface area (Å²) in [6.07, 6.45) is 1.44. The van der Waals surface area contributed by atoms with Crippen LogP contribution in [0.25, 0.3) is 0 Å². The minimum absolute atomic E-state index is 0.220. The van der Waals surface area contributed by atoms with Gasteiger partial charge in [0.15, 0.2) is 11.6 Å². The van der Waals surface area contributed by atoms with Crippen molar-refractivity contribution in [2.45, 2.75) is 32.3 Å². The van der Waals surface area contributed by atoms with E-state index in [4.69, 9.17) is 4.74 Å². The quantitative estimate of drug-likeness (QED) is 0.876. The number of benzene rings is 1. The maximum absolute atomic E-state index is 13.6. The first-order valence-corrected chi connectivity index (χ1v) is 6.02. The molecule has 1 fully saturated rings. The zero-order valence-electron chi connectivity index (χ0n) is 10.5. The van der Waals surface area contributed by atoms with E-state index in [2.05, 4.69) is 13.8 Å². The maximum atomic E-state index is 13.6. The van der Waals surface area contributed by atoms with Crippen molar-refractivity contribution in [1.82, 2.24) is 0 Å². The highest BCUT2D eigenvalue weighted by atomic mass is 19.1. The molecule has 0 amide bonds. The van der Waals surface area contributed by atoms with Crippen LogP contribution in [0.5, 0.6) is 5.75 Å². The number of methoxy groups -OCH3 is 1. The van der Waals surface area contributed by atoms with Gasteiger partial charge in [-0.2, -0.15) is 0 Å². The molecule has 1 aliphatic rings. The van der Waals surface area contributed by atoms with Gasteiger partial charge in [-0.1, -0.05) is 19.9 Å². The first-order valence-electron chi connectivity index (χ1n) is 6.02. The molecule has 1 aromatic rings. The van der Waals surface area contributed by atoms with E-state index >= 15 is 0 Å². The number of rotatable bonds is 3. The molecule has 0 unspecified atom stereocenters. The Morgan fingerprint density at radius 1 is 1.41 bits per heavy atom. The molecule has 2 nitrogen and oxygen atoms in total. The third-order valence-corrected chi connectivity index (χ3v) is 3.83. The molecule has 3 heteroatoms. The molecule has 17 heavy (non-hydrogen) atoms. The first-order chi connectivity index (χ1) is 7.96. The van der Waals surface area contributed by atoms with Crippen LogP contribution in [0.1, 0.15) is 32.3 Å². The Hall–Kier alpha value is -1.09. The summed E-state index contributed by atoms with van der Waals surface area (Å²) in [5.41, 5.74) is -0.185. The molecule has 1 N–H and O–H groups in total. The molecule has 0 spiro atoms. The van der Waals surface area contributed by atoms with Gasteiger partial charge in [-0.05, 0) is 42.4 Å². The third-order valence-electron chi connectivity index (χ3n) is 3.83. The first kappa shape index (κ1) is 12.4. The van der Waals surface area contributed by atoms with Gasteiger partial charge in [0.05, 0.1) is 12.7 Å². The van der Waals surface area contributed by atoms with Crippen LogP contribution in [0.2, 0.25) is 0 Å². The molecule has 1 aromatic carbocycles. The Balaban J connectivity index is 2.16. The van der Waals surface area contributed by atoms with E-state index in [0.717, 1.165) is 12.8 Å². The van der Waals surface area contributed by atoms with Crippen molar-refractivity contribution < 1.29 is 14.2 Å². The molecule has 0 saturated heterocycles. The Morgan fingerprint density at radius 2 is 2.06 bits per heavy atom. The topological polar surface area (TPSA) is 29.5 Å². The van der Waals surface area contributed by atoms with Crippen LogP contribution >= 0.6 is 0 Å². The molecular formula is C14H19FO2. The normalized spacial score (nSPS) is 28.0. The predicted molar refractivity (Wildman–Crippen MR) is 64.4 cm³/mol. The van der Waals surface area contributed by atoms with E-state index in [0.29, 0.717) is 17.4 Å². The minimum Gasteiger partial charge on any atom is -0.494 e. The van der Waals surface area contributed by atoms with Crippen molar-refractivity contribution >= 4 is 0 Å². The van der Waals surface area contributed by atoms with E-state index in [1.807, 2.05) is 0 Å². The van der Waals surface area contributed by atoms with Crippen LogP contribution in [-0.2, 0) is 5.60 Å². The van der Waals surface area contributed by atoms with Crippen LogP contribution in [0.4, 0.5) is 4.39 Å². The fourth-order valence-corrected chi connectivity index (χ4v) is 2.47. The van der Waals surface area contributed by atoms with E-state index in [1.54, 1.807) is 12.1 Å². The molecule has 0 radical (unpaired) electrons. The highest BCUT2D eigenvalue weighted by molar-refractivity contribution is 5.34. The van der Waals surface area contributed by atoms with E-state index in [-0.39, 0.29) is 5.75 Å². The summed E-state index contributed by atoms with van der Waals surface area (Å²) in [6.45, 7) is 4.30. The second-order valence-electron chi connectivity index (χ2n) is 5.29. The van der Waals surface area contributed by atoms with Gasteiger partial charge in [0, 0.05) is 0 Å². The lowest BCUT2D eigenvalue weighted by molar-refractivity contribution is -0.0935. The van der Waals surface area contributed by atoms with E-state index < -0.39 is 11.4 Å². The summed E-state index contributed by atoms with van der Waals surface area (Å²) in [5, 5.41) is 10.4. The largest absolute Gasteiger partial charge is 0.494 e. The van der Waals surface area contributed by atoms with Crippen LogP contribution in [0.3, 0.4) is 0 Å². The van der Waals surface area contributed by atoms with Gasteiger partial charge < -0.3 is 9.84 Å². The molecule has 2 rings (SSSR count). The number of hydrogen-bond acceptors (Lipinski definition) is 2. The molecule has 0 heterocycles. The molecule has 0 atom stereocenters. The van der Waals surface area contributed by atoms with Crippen molar-refractivity contribution in [2.75, 3.05) is 7.11 Å². The smallest absolute Gasteiger partial charge is 0.165 e. The Morgan fingerprint density at radius 3 is 2.53 bits per heavy atom. The lowest BCUT2D eigenvalue weighted by Gasteiger charge is -2.46.